The standard InChI is InChI=1S/C21H33N3O3S/c1-13-14(2)16(4)20(17(5)15(13)3)28(26,27)23-11-8-18(9-12-23)24-10-6-7-19(24)21(22)25/h18-19H,6-12H2,1-5H3,(H2,22,25)/t19-/m0/s1. The molecule has 1 atom stereocenters. The zero-order chi connectivity index (χ0) is 20.8. The highest BCUT2D eigenvalue weighted by Crippen LogP contribution is 2.34. The number of rotatable bonds is 4. The molecular formula is C21H33N3O3S. The third-order valence-corrected chi connectivity index (χ3v) is 9.22. The Morgan fingerprint density at radius 1 is 0.857 bits per heavy atom. The van der Waals surface area contributed by atoms with Gasteiger partial charge in [-0.25, -0.2) is 8.42 Å². The van der Waals surface area contributed by atoms with Gasteiger partial charge in [0.1, 0.15) is 0 Å². The zero-order valence-corrected chi connectivity index (χ0v) is 18.5. The Balaban J connectivity index is 1.82. The van der Waals surface area contributed by atoms with Crippen molar-refractivity contribution in [2.75, 3.05) is 19.6 Å². The highest BCUT2D eigenvalue weighted by molar-refractivity contribution is 7.89. The molecule has 0 aromatic heterocycles. The van der Waals surface area contributed by atoms with Gasteiger partial charge < -0.3 is 5.73 Å². The molecule has 2 aliphatic heterocycles. The summed E-state index contributed by atoms with van der Waals surface area (Å²) < 4.78 is 28.6. The molecule has 2 saturated heterocycles. The summed E-state index contributed by atoms with van der Waals surface area (Å²) in [6.45, 7) is 11.7. The number of nitrogens with two attached hydrogens (primary N) is 1. The van der Waals surface area contributed by atoms with E-state index in [1.165, 1.54) is 5.56 Å². The van der Waals surface area contributed by atoms with Gasteiger partial charge in [-0.2, -0.15) is 4.31 Å². The number of primary amides is 1. The van der Waals surface area contributed by atoms with Crippen molar-refractivity contribution in [2.45, 2.75) is 77.3 Å². The lowest BCUT2D eigenvalue weighted by molar-refractivity contribution is -0.123. The third-order valence-electron chi connectivity index (χ3n) is 7.04. The second-order valence-corrected chi connectivity index (χ2v) is 10.3. The van der Waals surface area contributed by atoms with Gasteiger partial charge in [-0.15, -0.1) is 0 Å². The van der Waals surface area contributed by atoms with Gasteiger partial charge in [-0.3, -0.25) is 9.69 Å². The van der Waals surface area contributed by atoms with Gasteiger partial charge in [0.25, 0.3) is 0 Å². The van der Waals surface area contributed by atoms with Gasteiger partial charge in [0.15, 0.2) is 0 Å². The fourth-order valence-electron chi connectivity index (χ4n) is 4.93. The van der Waals surface area contributed by atoms with Gasteiger partial charge in [0.05, 0.1) is 10.9 Å². The molecule has 0 saturated carbocycles. The van der Waals surface area contributed by atoms with Crippen LogP contribution in [-0.2, 0) is 14.8 Å². The Morgan fingerprint density at radius 2 is 1.36 bits per heavy atom. The number of hydrogen-bond acceptors (Lipinski definition) is 4. The maximum atomic E-state index is 13.5. The molecular weight excluding hydrogens is 374 g/mol. The minimum absolute atomic E-state index is 0.194. The van der Waals surface area contributed by atoms with Crippen LogP contribution in [0.2, 0.25) is 0 Å². The first-order valence-corrected chi connectivity index (χ1v) is 11.6. The molecule has 0 spiro atoms. The number of piperidine rings is 1. The van der Waals surface area contributed by atoms with Gasteiger partial charge in [0.2, 0.25) is 15.9 Å². The van der Waals surface area contributed by atoms with Crippen molar-refractivity contribution in [3.05, 3.63) is 27.8 Å². The molecule has 6 nitrogen and oxygen atoms in total. The predicted molar refractivity (Wildman–Crippen MR) is 111 cm³/mol. The molecule has 1 aromatic carbocycles. The SMILES string of the molecule is Cc1c(C)c(C)c(S(=O)(=O)N2CCC(N3CCC[C@H]3C(N)=O)CC2)c(C)c1C. The number of benzene rings is 1. The van der Waals surface area contributed by atoms with Crippen LogP contribution in [0.25, 0.3) is 0 Å². The lowest BCUT2D eigenvalue weighted by Crippen LogP contribution is -2.51. The number of hydrogen-bond donors (Lipinski definition) is 1. The average Bonchev–Trinajstić information content (AvgIpc) is 3.15. The maximum Gasteiger partial charge on any atom is 0.243 e. The van der Waals surface area contributed by atoms with E-state index in [1.54, 1.807) is 4.31 Å². The predicted octanol–water partition coefficient (Wildman–Crippen LogP) is 2.33. The summed E-state index contributed by atoms with van der Waals surface area (Å²) in [5.74, 6) is -0.260. The van der Waals surface area contributed by atoms with E-state index in [2.05, 4.69) is 11.8 Å². The van der Waals surface area contributed by atoms with E-state index in [4.69, 9.17) is 5.73 Å². The molecule has 2 N–H and O–H groups in total. The average molecular weight is 408 g/mol. The van der Waals surface area contributed by atoms with Gasteiger partial charge in [-0.05, 0) is 94.7 Å². The molecule has 2 heterocycles. The molecule has 7 heteroatoms. The second kappa shape index (κ2) is 7.76. The van der Waals surface area contributed by atoms with Crippen LogP contribution in [0.15, 0.2) is 4.90 Å². The summed E-state index contributed by atoms with van der Waals surface area (Å²) in [6.07, 6.45) is 3.27. The molecule has 156 valence electrons. The zero-order valence-electron chi connectivity index (χ0n) is 17.7. The number of amides is 1. The summed E-state index contributed by atoms with van der Waals surface area (Å²) in [5, 5.41) is 0. The summed E-state index contributed by atoms with van der Waals surface area (Å²) in [7, 11) is -3.54. The number of likely N-dealkylation sites (tertiary alicyclic amines) is 1. The smallest absolute Gasteiger partial charge is 0.243 e. The number of sulfonamides is 1. The highest BCUT2D eigenvalue weighted by atomic mass is 32.2. The fourth-order valence-corrected chi connectivity index (χ4v) is 6.96. The van der Waals surface area contributed by atoms with Crippen LogP contribution in [0.5, 0.6) is 0 Å². The van der Waals surface area contributed by atoms with Crippen molar-refractivity contribution < 1.29 is 13.2 Å². The van der Waals surface area contributed by atoms with Crippen LogP contribution in [0.4, 0.5) is 0 Å². The van der Waals surface area contributed by atoms with E-state index in [9.17, 15) is 13.2 Å². The van der Waals surface area contributed by atoms with Crippen molar-refractivity contribution in [2.24, 2.45) is 5.73 Å². The third kappa shape index (κ3) is 3.48. The van der Waals surface area contributed by atoms with Crippen LogP contribution < -0.4 is 5.73 Å². The molecule has 3 rings (SSSR count). The second-order valence-electron chi connectivity index (χ2n) is 8.39. The number of carbonyl (C=O) groups excluding carboxylic acids is 1. The first-order valence-electron chi connectivity index (χ1n) is 10.2. The number of nitrogens with zero attached hydrogens (tertiary/aromatic N) is 2. The topological polar surface area (TPSA) is 83.7 Å². The van der Waals surface area contributed by atoms with Crippen LogP contribution in [0, 0.1) is 34.6 Å². The molecule has 0 radical (unpaired) electrons. The molecule has 1 aromatic rings. The van der Waals surface area contributed by atoms with Gasteiger partial charge in [-0.1, -0.05) is 0 Å². The fraction of sp³-hybridized carbons (Fsp3) is 0.667. The Kier molecular flexibility index (Phi) is 5.90. The van der Waals surface area contributed by atoms with Crippen LogP contribution in [-0.4, -0.2) is 55.2 Å². The summed E-state index contributed by atoms with van der Waals surface area (Å²) in [4.78, 5) is 14.4. The Bertz CT molecular complexity index is 858. The van der Waals surface area contributed by atoms with Crippen molar-refractivity contribution >= 4 is 15.9 Å². The van der Waals surface area contributed by atoms with E-state index in [1.807, 2.05) is 27.7 Å². The van der Waals surface area contributed by atoms with Crippen molar-refractivity contribution in [3.8, 4) is 0 Å². The molecule has 28 heavy (non-hydrogen) atoms. The Hall–Kier alpha value is -1.44. The Labute approximate surface area is 169 Å². The van der Waals surface area contributed by atoms with Crippen LogP contribution in [0.3, 0.4) is 0 Å². The van der Waals surface area contributed by atoms with E-state index in [0.29, 0.717) is 18.0 Å². The largest absolute Gasteiger partial charge is 0.368 e. The highest BCUT2D eigenvalue weighted by Gasteiger charge is 2.38. The lowest BCUT2D eigenvalue weighted by atomic mass is 9.95. The molecule has 2 aliphatic rings. The summed E-state index contributed by atoms with van der Waals surface area (Å²) >= 11 is 0. The van der Waals surface area contributed by atoms with Gasteiger partial charge >= 0.3 is 0 Å². The normalized spacial score (nSPS) is 22.7. The first kappa shape index (κ1) is 21.3. The first-order chi connectivity index (χ1) is 13.1. The maximum absolute atomic E-state index is 13.5. The molecule has 0 bridgehead atoms. The lowest BCUT2D eigenvalue weighted by Gasteiger charge is -2.38. The summed E-state index contributed by atoms with van der Waals surface area (Å²) in [6, 6.07) is 0.0372. The molecule has 0 unspecified atom stereocenters. The summed E-state index contributed by atoms with van der Waals surface area (Å²) in [5.41, 5.74) is 10.5. The monoisotopic (exact) mass is 407 g/mol. The minimum atomic E-state index is -3.54. The minimum Gasteiger partial charge on any atom is -0.368 e. The molecule has 1 amide bonds. The molecule has 2 fully saturated rings. The Morgan fingerprint density at radius 3 is 1.86 bits per heavy atom. The molecule has 0 aliphatic carbocycles. The van der Waals surface area contributed by atoms with Crippen molar-refractivity contribution in [1.82, 2.24) is 9.21 Å². The van der Waals surface area contributed by atoms with E-state index in [-0.39, 0.29) is 18.0 Å². The quantitative estimate of drug-likeness (QED) is 0.830. The van der Waals surface area contributed by atoms with Gasteiger partial charge in [0, 0.05) is 19.1 Å². The van der Waals surface area contributed by atoms with E-state index >= 15 is 0 Å². The van der Waals surface area contributed by atoms with Crippen molar-refractivity contribution in [3.63, 3.8) is 0 Å². The van der Waals surface area contributed by atoms with E-state index in [0.717, 1.165) is 54.5 Å². The van der Waals surface area contributed by atoms with Crippen molar-refractivity contribution in [1.29, 1.82) is 0 Å². The number of carbonyl (C=O) groups is 1. The van der Waals surface area contributed by atoms with Crippen LogP contribution >= 0.6 is 0 Å². The van der Waals surface area contributed by atoms with E-state index < -0.39 is 10.0 Å². The van der Waals surface area contributed by atoms with Crippen LogP contribution in [0.1, 0.15) is 53.5 Å².